The van der Waals surface area contributed by atoms with E-state index in [2.05, 4.69) is 4.89 Å². The number of benzene rings is 1. The van der Waals surface area contributed by atoms with E-state index in [1.807, 2.05) is 19.9 Å². The lowest BCUT2D eigenvalue weighted by atomic mass is 10.2. The summed E-state index contributed by atoms with van der Waals surface area (Å²) in [6.07, 6.45) is 0. The van der Waals surface area contributed by atoms with Gasteiger partial charge < -0.3 is 9.47 Å². The normalized spacial score (nSPS) is 11.9. The van der Waals surface area contributed by atoms with Gasteiger partial charge in [0.25, 0.3) is 0 Å². The van der Waals surface area contributed by atoms with Gasteiger partial charge in [0.15, 0.2) is 11.5 Å². The molecule has 0 radical (unpaired) electrons. The number of rotatable bonds is 2. The Kier molecular flexibility index (Phi) is 4.22. The Morgan fingerprint density at radius 1 is 1.29 bits per heavy atom. The SMILES string of the molecule is CC.OOCc1ccc2c(c1)OCO2. The highest BCUT2D eigenvalue weighted by atomic mass is 17.1. The lowest BCUT2D eigenvalue weighted by molar-refractivity contribution is -0.253. The van der Waals surface area contributed by atoms with E-state index in [9.17, 15) is 0 Å². The van der Waals surface area contributed by atoms with E-state index in [1.54, 1.807) is 12.1 Å². The molecule has 0 bridgehead atoms. The van der Waals surface area contributed by atoms with Crippen LogP contribution in [0.4, 0.5) is 0 Å². The van der Waals surface area contributed by atoms with Gasteiger partial charge >= 0.3 is 0 Å². The maximum Gasteiger partial charge on any atom is 0.231 e. The van der Waals surface area contributed by atoms with Crippen molar-refractivity contribution in [3.05, 3.63) is 23.8 Å². The van der Waals surface area contributed by atoms with Crippen LogP contribution >= 0.6 is 0 Å². The van der Waals surface area contributed by atoms with E-state index in [0.29, 0.717) is 5.75 Å². The molecule has 1 aromatic rings. The van der Waals surface area contributed by atoms with Crippen LogP contribution in [0.25, 0.3) is 0 Å². The molecule has 1 aromatic carbocycles. The molecule has 1 heterocycles. The fourth-order valence-corrected chi connectivity index (χ4v) is 1.11. The van der Waals surface area contributed by atoms with E-state index in [4.69, 9.17) is 14.7 Å². The quantitative estimate of drug-likeness (QED) is 0.585. The van der Waals surface area contributed by atoms with Crippen LogP contribution in [0.1, 0.15) is 19.4 Å². The summed E-state index contributed by atoms with van der Waals surface area (Å²) in [4.78, 5) is 3.99. The van der Waals surface area contributed by atoms with Crippen LogP contribution in [-0.2, 0) is 11.5 Å². The molecule has 1 N–H and O–H groups in total. The average molecular weight is 198 g/mol. The predicted molar refractivity (Wildman–Crippen MR) is 51.3 cm³/mol. The number of hydrogen-bond acceptors (Lipinski definition) is 4. The third-order valence-corrected chi connectivity index (χ3v) is 1.67. The highest BCUT2D eigenvalue weighted by Crippen LogP contribution is 2.32. The van der Waals surface area contributed by atoms with E-state index in [1.165, 1.54) is 0 Å². The summed E-state index contributed by atoms with van der Waals surface area (Å²) in [5.41, 5.74) is 0.849. The standard InChI is InChI=1S/C8H8O4.C2H6/c9-12-4-6-1-2-7-8(3-6)11-5-10-7;1-2/h1-3,9H,4-5H2;1-2H3. The predicted octanol–water partition coefficient (Wildman–Crippen LogP) is 2.43. The van der Waals surface area contributed by atoms with Gasteiger partial charge in [-0.15, -0.1) is 0 Å². The molecule has 14 heavy (non-hydrogen) atoms. The second kappa shape index (κ2) is 5.47. The zero-order chi connectivity index (χ0) is 10.4. The number of hydrogen-bond donors (Lipinski definition) is 1. The molecule has 1 aliphatic heterocycles. The van der Waals surface area contributed by atoms with Gasteiger partial charge in [0.2, 0.25) is 6.79 Å². The summed E-state index contributed by atoms with van der Waals surface area (Å²) >= 11 is 0. The van der Waals surface area contributed by atoms with Gasteiger partial charge in [-0.25, -0.2) is 4.89 Å². The molecule has 0 aromatic heterocycles. The van der Waals surface area contributed by atoms with Crippen molar-refractivity contribution < 1.29 is 19.6 Å². The maximum absolute atomic E-state index is 8.20. The van der Waals surface area contributed by atoms with E-state index in [0.717, 1.165) is 11.3 Å². The molecule has 0 aliphatic carbocycles. The topological polar surface area (TPSA) is 47.9 Å². The third-order valence-electron chi connectivity index (χ3n) is 1.67. The van der Waals surface area contributed by atoms with Gasteiger partial charge in [-0.05, 0) is 17.7 Å². The highest BCUT2D eigenvalue weighted by molar-refractivity contribution is 5.44. The van der Waals surface area contributed by atoms with Gasteiger partial charge in [-0.1, -0.05) is 19.9 Å². The smallest absolute Gasteiger partial charge is 0.231 e. The van der Waals surface area contributed by atoms with Crippen molar-refractivity contribution in [2.75, 3.05) is 6.79 Å². The summed E-state index contributed by atoms with van der Waals surface area (Å²) in [6, 6.07) is 5.37. The first-order valence-electron chi connectivity index (χ1n) is 4.55. The monoisotopic (exact) mass is 198 g/mol. The molecular weight excluding hydrogens is 184 g/mol. The minimum absolute atomic E-state index is 0.163. The van der Waals surface area contributed by atoms with Crippen LogP contribution in [0.15, 0.2) is 18.2 Å². The second-order valence-electron chi connectivity index (χ2n) is 2.46. The Hall–Kier alpha value is -1.26. The van der Waals surface area contributed by atoms with Crippen LogP contribution in [0.3, 0.4) is 0 Å². The lowest BCUT2D eigenvalue weighted by Gasteiger charge is -1.99. The Morgan fingerprint density at radius 3 is 2.71 bits per heavy atom. The van der Waals surface area contributed by atoms with Crippen LogP contribution in [0.2, 0.25) is 0 Å². The highest BCUT2D eigenvalue weighted by Gasteiger charge is 2.12. The maximum atomic E-state index is 8.20. The summed E-state index contributed by atoms with van der Waals surface area (Å²) in [7, 11) is 0. The van der Waals surface area contributed by atoms with Crippen molar-refractivity contribution in [3.8, 4) is 11.5 Å². The van der Waals surface area contributed by atoms with Gasteiger partial charge in [-0.2, -0.15) is 0 Å². The Morgan fingerprint density at radius 2 is 2.00 bits per heavy atom. The number of fused-ring (bicyclic) bond motifs is 1. The van der Waals surface area contributed by atoms with Crippen LogP contribution in [0, 0.1) is 0 Å². The molecular formula is C10H14O4. The van der Waals surface area contributed by atoms with Gasteiger partial charge in [0.05, 0.1) is 0 Å². The van der Waals surface area contributed by atoms with Crippen molar-refractivity contribution in [2.45, 2.75) is 20.5 Å². The van der Waals surface area contributed by atoms with E-state index in [-0.39, 0.29) is 13.4 Å². The van der Waals surface area contributed by atoms with Crippen molar-refractivity contribution in [1.82, 2.24) is 0 Å². The molecule has 0 fully saturated rings. The summed E-state index contributed by atoms with van der Waals surface area (Å²) < 4.78 is 10.2. The lowest BCUT2D eigenvalue weighted by Crippen LogP contribution is -1.93. The molecule has 0 saturated carbocycles. The van der Waals surface area contributed by atoms with Gasteiger partial charge in [0.1, 0.15) is 6.61 Å². The molecule has 2 rings (SSSR count). The van der Waals surface area contributed by atoms with Crippen molar-refractivity contribution in [1.29, 1.82) is 0 Å². The Labute approximate surface area is 83.0 Å². The fourth-order valence-electron chi connectivity index (χ4n) is 1.11. The summed E-state index contributed by atoms with van der Waals surface area (Å²) in [5, 5.41) is 8.20. The zero-order valence-corrected chi connectivity index (χ0v) is 8.32. The van der Waals surface area contributed by atoms with Crippen molar-refractivity contribution in [3.63, 3.8) is 0 Å². The largest absolute Gasteiger partial charge is 0.454 e. The molecule has 1 aliphatic rings. The van der Waals surface area contributed by atoms with Gasteiger partial charge in [0, 0.05) is 0 Å². The molecule has 0 spiro atoms. The summed E-state index contributed by atoms with van der Waals surface area (Å²) in [5.74, 6) is 1.43. The molecule has 0 unspecified atom stereocenters. The van der Waals surface area contributed by atoms with Crippen LogP contribution in [0.5, 0.6) is 11.5 Å². The minimum atomic E-state index is 0.163. The Balaban J connectivity index is 0.000000461. The summed E-state index contributed by atoms with van der Waals surface area (Å²) in [6.45, 7) is 4.43. The molecule has 78 valence electrons. The van der Waals surface area contributed by atoms with E-state index < -0.39 is 0 Å². The first-order valence-corrected chi connectivity index (χ1v) is 4.55. The van der Waals surface area contributed by atoms with Crippen molar-refractivity contribution in [2.24, 2.45) is 0 Å². The molecule has 0 saturated heterocycles. The first kappa shape index (κ1) is 10.8. The number of ether oxygens (including phenoxy) is 2. The van der Waals surface area contributed by atoms with Crippen molar-refractivity contribution >= 4 is 0 Å². The fraction of sp³-hybridized carbons (Fsp3) is 0.400. The third kappa shape index (κ3) is 2.37. The van der Waals surface area contributed by atoms with Gasteiger partial charge in [-0.3, -0.25) is 5.26 Å². The Bertz CT molecular complexity index is 285. The average Bonchev–Trinajstić information content (AvgIpc) is 2.68. The molecule has 0 atom stereocenters. The van der Waals surface area contributed by atoms with Crippen LogP contribution in [-0.4, -0.2) is 12.1 Å². The van der Waals surface area contributed by atoms with E-state index >= 15 is 0 Å². The molecule has 0 amide bonds. The van der Waals surface area contributed by atoms with Crippen LogP contribution < -0.4 is 9.47 Å². The second-order valence-corrected chi connectivity index (χ2v) is 2.46. The molecule has 4 nitrogen and oxygen atoms in total. The zero-order valence-electron chi connectivity index (χ0n) is 8.32. The minimum Gasteiger partial charge on any atom is -0.454 e. The first-order chi connectivity index (χ1) is 6.90. The molecule has 4 heteroatoms.